The van der Waals surface area contributed by atoms with Gasteiger partial charge in [0.2, 0.25) is 0 Å². The van der Waals surface area contributed by atoms with Crippen molar-refractivity contribution < 1.29 is 22.7 Å². The largest absolute Gasteiger partial charge is 0.425 e. The van der Waals surface area contributed by atoms with E-state index in [1.165, 1.54) is 38.1 Å². The Labute approximate surface area is 150 Å². The van der Waals surface area contributed by atoms with Gasteiger partial charge in [0.25, 0.3) is 10.0 Å². The Kier molecular flexibility index (Phi) is 5.81. The number of nitrogens with one attached hydrogen (secondary N) is 1. The van der Waals surface area contributed by atoms with E-state index in [1.807, 2.05) is 0 Å². The third-order valence-corrected chi connectivity index (χ3v) is 4.79. The van der Waals surface area contributed by atoms with Gasteiger partial charge in [0.05, 0.1) is 15.6 Å². The number of carbonyl (C=O) groups excluding carboxylic acids is 2. The van der Waals surface area contributed by atoms with Crippen LogP contribution in [0.2, 0.25) is 5.02 Å². The van der Waals surface area contributed by atoms with Crippen molar-refractivity contribution in [2.24, 2.45) is 0 Å². The van der Waals surface area contributed by atoms with Crippen LogP contribution in [0.1, 0.15) is 19.4 Å². The molecular formula is C17H16ClNO5S. The molecule has 0 aliphatic heterocycles. The van der Waals surface area contributed by atoms with E-state index in [9.17, 15) is 18.0 Å². The Morgan fingerprint density at radius 3 is 2.32 bits per heavy atom. The second-order valence-electron chi connectivity index (χ2n) is 5.34. The number of hydrogen-bond acceptors (Lipinski definition) is 5. The van der Waals surface area contributed by atoms with Gasteiger partial charge < -0.3 is 4.74 Å². The fourth-order valence-corrected chi connectivity index (χ4v) is 3.52. The van der Waals surface area contributed by atoms with E-state index >= 15 is 0 Å². The average Bonchev–Trinajstić information content (AvgIpc) is 2.50. The van der Waals surface area contributed by atoms with Gasteiger partial charge in [0.1, 0.15) is 5.78 Å². The molecule has 6 nitrogen and oxygen atoms in total. The summed E-state index contributed by atoms with van der Waals surface area (Å²) in [5, 5.41) is 0.0275. The highest BCUT2D eigenvalue weighted by molar-refractivity contribution is 7.92. The van der Waals surface area contributed by atoms with Gasteiger partial charge in [-0.1, -0.05) is 29.8 Å². The minimum absolute atomic E-state index is 0.0275. The molecule has 8 heteroatoms. The predicted molar refractivity (Wildman–Crippen MR) is 94.4 cm³/mol. The highest BCUT2D eigenvalue weighted by Gasteiger charge is 2.18. The normalized spacial score (nSPS) is 11.0. The monoisotopic (exact) mass is 381 g/mol. The van der Waals surface area contributed by atoms with E-state index in [-0.39, 0.29) is 33.6 Å². The van der Waals surface area contributed by atoms with Gasteiger partial charge in [-0.25, -0.2) is 8.42 Å². The molecule has 1 N–H and O–H groups in total. The number of halogens is 1. The molecule has 0 unspecified atom stereocenters. The zero-order valence-corrected chi connectivity index (χ0v) is 15.1. The Hall–Kier alpha value is -2.38. The van der Waals surface area contributed by atoms with Gasteiger partial charge >= 0.3 is 5.97 Å². The fraction of sp³-hybridized carbons (Fsp3) is 0.176. The Bertz CT molecular complexity index is 910. The molecule has 0 heterocycles. The number of ether oxygens (including phenoxy) is 1. The van der Waals surface area contributed by atoms with Crippen LogP contribution in [0.4, 0.5) is 5.69 Å². The van der Waals surface area contributed by atoms with Gasteiger partial charge in [0, 0.05) is 18.9 Å². The standard InChI is InChI=1S/C17H16ClNO5S/c1-11(20)8-13-9-14(10-16(18)17(13)24-12(2)21)19-25(22,23)15-6-4-3-5-7-15/h3-7,9-10,19H,8H2,1-2H3. The maximum Gasteiger partial charge on any atom is 0.308 e. The van der Waals surface area contributed by atoms with Crippen LogP contribution in [0.3, 0.4) is 0 Å². The molecule has 0 spiro atoms. The molecule has 0 amide bonds. The summed E-state index contributed by atoms with van der Waals surface area (Å²) < 4.78 is 32.3. The summed E-state index contributed by atoms with van der Waals surface area (Å²) in [6, 6.07) is 10.6. The second kappa shape index (κ2) is 7.67. The van der Waals surface area contributed by atoms with Crippen molar-refractivity contribution in [1.29, 1.82) is 0 Å². The summed E-state index contributed by atoms with van der Waals surface area (Å²) >= 11 is 6.11. The summed E-state index contributed by atoms with van der Waals surface area (Å²) in [6.07, 6.45) is -0.0523. The summed E-state index contributed by atoms with van der Waals surface area (Å²) in [5.74, 6) is -0.733. The number of ketones is 1. The Morgan fingerprint density at radius 2 is 1.76 bits per heavy atom. The third kappa shape index (κ3) is 5.04. The number of benzene rings is 2. The topological polar surface area (TPSA) is 89.5 Å². The number of Topliss-reactive ketones (excluding diaryl/α,β-unsaturated/α-hetero) is 1. The highest BCUT2D eigenvalue weighted by Crippen LogP contribution is 2.34. The van der Waals surface area contributed by atoms with E-state index in [0.29, 0.717) is 5.56 Å². The molecule has 25 heavy (non-hydrogen) atoms. The molecule has 0 aliphatic carbocycles. The zero-order valence-electron chi connectivity index (χ0n) is 13.6. The van der Waals surface area contributed by atoms with Crippen molar-refractivity contribution in [2.75, 3.05) is 4.72 Å². The molecular weight excluding hydrogens is 366 g/mol. The molecule has 0 bridgehead atoms. The summed E-state index contributed by atoms with van der Waals surface area (Å²) in [5.41, 5.74) is 0.488. The number of carbonyl (C=O) groups is 2. The molecule has 0 aliphatic rings. The first-order chi connectivity index (χ1) is 11.7. The van der Waals surface area contributed by atoms with Gasteiger partial charge in [-0.3, -0.25) is 14.3 Å². The predicted octanol–water partition coefficient (Wildman–Crippen LogP) is 3.20. The van der Waals surface area contributed by atoms with Crippen LogP contribution in [0, 0.1) is 0 Å². The number of esters is 1. The minimum Gasteiger partial charge on any atom is -0.425 e. The maximum atomic E-state index is 12.4. The van der Waals surface area contributed by atoms with Crippen molar-refractivity contribution in [2.45, 2.75) is 25.2 Å². The van der Waals surface area contributed by atoms with Crippen LogP contribution in [-0.4, -0.2) is 20.2 Å². The fourth-order valence-electron chi connectivity index (χ4n) is 2.18. The molecule has 0 aromatic heterocycles. The molecule has 2 aromatic rings. The van der Waals surface area contributed by atoms with Crippen molar-refractivity contribution in [3.8, 4) is 5.75 Å². The maximum absolute atomic E-state index is 12.4. The lowest BCUT2D eigenvalue weighted by molar-refractivity contribution is -0.132. The molecule has 0 atom stereocenters. The third-order valence-electron chi connectivity index (χ3n) is 3.11. The average molecular weight is 382 g/mol. The van der Waals surface area contributed by atoms with Crippen LogP contribution < -0.4 is 9.46 Å². The number of hydrogen-bond donors (Lipinski definition) is 1. The summed E-state index contributed by atoms with van der Waals surface area (Å²) in [7, 11) is -3.81. The number of sulfonamides is 1. The van der Waals surface area contributed by atoms with Gasteiger partial charge in [0.15, 0.2) is 5.75 Å². The van der Waals surface area contributed by atoms with Crippen LogP contribution in [0.15, 0.2) is 47.4 Å². The van der Waals surface area contributed by atoms with Gasteiger partial charge in [-0.2, -0.15) is 0 Å². The van der Waals surface area contributed by atoms with Crippen LogP contribution in [-0.2, 0) is 26.0 Å². The zero-order chi connectivity index (χ0) is 18.6. The van der Waals surface area contributed by atoms with Crippen LogP contribution in [0.25, 0.3) is 0 Å². The van der Waals surface area contributed by atoms with Crippen molar-refractivity contribution in [3.05, 3.63) is 53.1 Å². The molecule has 0 saturated carbocycles. The van der Waals surface area contributed by atoms with E-state index in [2.05, 4.69) is 4.72 Å². The molecule has 0 radical (unpaired) electrons. The van der Waals surface area contributed by atoms with Crippen molar-refractivity contribution in [3.63, 3.8) is 0 Å². The van der Waals surface area contributed by atoms with Crippen LogP contribution >= 0.6 is 11.6 Å². The molecule has 132 valence electrons. The highest BCUT2D eigenvalue weighted by atomic mass is 35.5. The summed E-state index contributed by atoms with van der Waals surface area (Å²) in [4.78, 5) is 22.8. The van der Waals surface area contributed by atoms with E-state index in [4.69, 9.17) is 16.3 Å². The van der Waals surface area contributed by atoms with Crippen LogP contribution in [0.5, 0.6) is 5.75 Å². The molecule has 0 fully saturated rings. The number of rotatable bonds is 6. The van der Waals surface area contributed by atoms with Gasteiger partial charge in [-0.05, 0) is 31.2 Å². The van der Waals surface area contributed by atoms with Crippen molar-refractivity contribution >= 4 is 39.1 Å². The lowest BCUT2D eigenvalue weighted by Crippen LogP contribution is -2.14. The Balaban J connectivity index is 2.44. The lowest BCUT2D eigenvalue weighted by atomic mass is 10.1. The quantitative estimate of drug-likeness (QED) is 0.613. The van der Waals surface area contributed by atoms with E-state index < -0.39 is 16.0 Å². The first kappa shape index (κ1) is 19.0. The molecule has 0 saturated heterocycles. The second-order valence-corrected chi connectivity index (χ2v) is 7.43. The smallest absolute Gasteiger partial charge is 0.308 e. The summed E-state index contributed by atoms with van der Waals surface area (Å²) in [6.45, 7) is 2.58. The van der Waals surface area contributed by atoms with E-state index in [0.717, 1.165) is 0 Å². The molecule has 2 aromatic carbocycles. The van der Waals surface area contributed by atoms with E-state index in [1.54, 1.807) is 18.2 Å². The SMILES string of the molecule is CC(=O)Cc1cc(NS(=O)(=O)c2ccccc2)cc(Cl)c1OC(C)=O. The van der Waals surface area contributed by atoms with Crippen molar-refractivity contribution in [1.82, 2.24) is 0 Å². The molecule has 2 rings (SSSR count). The first-order valence-electron chi connectivity index (χ1n) is 7.27. The Morgan fingerprint density at radius 1 is 1.12 bits per heavy atom. The minimum atomic E-state index is -3.81. The first-order valence-corrected chi connectivity index (χ1v) is 9.13. The lowest BCUT2D eigenvalue weighted by Gasteiger charge is -2.14. The number of anilines is 1. The van der Waals surface area contributed by atoms with Gasteiger partial charge in [-0.15, -0.1) is 0 Å².